The topological polar surface area (TPSA) is 86.5 Å². The molecule has 0 N–H and O–H groups in total. The van der Waals surface area contributed by atoms with E-state index in [1.807, 2.05) is 0 Å². The number of nitrogens with zero attached hydrogens (tertiary/aromatic N) is 1. The Morgan fingerprint density at radius 2 is 1.94 bits per heavy atom. The average molecular weight is 322 g/mol. The smallest absolute Gasteiger partial charge is 0.387 e. The van der Waals surface area contributed by atoms with E-state index >= 15 is 0 Å². The summed E-state index contributed by atoms with van der Waals surface area (Å²) in [7, 11) is 0.610. The number of benzene rings is 1. The molecule has 0 aliphatic heterocycles. The standard InChI is InChI=1S/C7H3Cl2F2NO5S/c8-6-4(12(13)14)1-3(18(9,15)16)2-5(6)17-7(10)11/h1-2,7H. The zero-order valence-corrected chi connectivity index (χ0v) is 10.5. The highest BCUT2D eigenvalue weighted by Crippen LogP contribution is 2.38. The average Bonchev–Trinajstić information content (AvgIpc) is 2.18. The van der Waals surface area contributed by atoms with E-state index in [-0.39, 0.29) is 0 Å². The molecule has 100 valence electrons. The summed E-state index contributed by atoms with van der Waals surface area (Å²) in [6.45, 7) is -3.32. The number of nitro groups is 1. The molecule has 0 amide bonds. The fourth-order valence-corrected chi connectivity index (χ4v) is 2.00. The van der Waals surface area contributed by atoms with Crippen LogP contribution in [0.3, 0.4) is 0 Å². The molecular formula is C7H3Cl2F2NO5S. The minimum absolute atomic E-state index is 0.545. The van der Waals surface area contributed by atoms with Gasteiger partial charge in [-0.25, -0.2) is 8.42 Å². The van der Waals surface area contributed by atoms with Crippen LogP contribution in [-0.2, 0) is 9.05 Å². The second-order valence-corrected chi connectivity index (χ2v) is 5.77. The van der Waals surface area contributed by atoms with Crippen LogP contribution in [0, 0.1) is 10.1 Å². The zero-order chi connectivity index (χ0) is 14.1. The predicted octanol–water partition coefficient (Wildman–Crippen LogP) is 2.78. The Labute approximate surface area is 109 Å². The molecule has 0 aromatic heterocycles. The summed E-state index contributed by atoms with van der Waals surface area (Å²) in [5, 5.41) is 9.83. The van der Waals surface area contributed by atoms with Gasteiger partial charge in [0, 0.05) is 22.8 Å². The number of rotatable bonds is 4. The molecule has 18 heavy (non-hydrogen) atoms. The monoisotopic (exact) mass is 321 g/mol. The Hall–Kier alpha value is -1.19. The van der Waals surface area contributed by atoms with Crippen LogP contribution in [0.25, 0.3) is 0 Å². The molecule has 0 saturated carbocycles. The molecule has 0 spiro atoms. The third-order valence-electron chi connectivity index (χ3n) is 1.69. The van der Waals surface area contributed by atoms with E-state index in [1.54, 1.807) is 0 Å². The molecule has 0 aliphatic rings. The van der Waals surface area contributed by atoms with E-state index in [4.69, 9.17) is 22.3 Å². The van der Waals surface area contributed by atoms with E-state index in [0.29, 0.717) is 12.1 Å². The quantitative estimate of drug-likeness (QED) is 0.483. The highest BCUT2D eigenvalue weighted by Gasteiger charge is 2.25. The number of nitro benzene ring substituents is 1. The van der Waals surface area contributed by atoms with Gasteiger partial charge in [0.25, 0.3) is 14.7 Å². The maximum atomic E-state index is 12.0. The largest absolute Gasteiger partial charge is 0.433 e. The van der Waals surface area contributed by atoms with Gasteiger partial charge in [-0.15, -0.1) is 0 Å². The van der Waals surface area contributed by atoms with Crippen molar-refractivity contribution < 1.29 is 26.9 Å². The first-order valence-corrected chi connectivity index (χ1v) is 6.69. The summed E-state index contributed by atoms with van der Waals surface area (Å²) in [6.07, 6.45) is 0. The zero-order valence-electron chi connectivity index (χ0n) is 8.14. The molecular weight excluding hydrogens is 319 g/mol. The minimum Gasteiger partial charge on any atom is -0.433 e. The molecule has 0 fully saturated rings. The fourth-order valence-electron chi connectivity index (χ4n) is 1.01. The van der Waals surface area contributed by atoms with Crippen molar-refractivity contribution in [2.75, 3.05) is 0 Å². The molecule has 1 rings (SSSR count). The van der Waals surface area contributed by atoms with Crippen molar-refractivity contribution in [3.8, 4) is 5.75 Å². The van der Waals surface area contributed by atoms with Gasteiger partial charge in [0.1, 0.15) is 0 Å². The lowest BCUT2D eigenvalue weighted by Gasteiger charge is -2.08. The molecule has 0 atom stereocenters. The van der Waals surface area contributed by atoms with Crippen molar-refractivity contribution in [3.63, 3.8) is 0 Å². The van der Waals surface area contributed by atoms with Crippen molar-refractivity contribution >= 4 is 37.0 Å². The van der Waals surface area contributed by atoms with Gasteiger partial charge >= 0.3 is 6.61 Å². The van der Waals surface area contributed by atoms with Crippen LogP contribution >= 0.6 is 22.3 Å². The summed E-state index contributed by atoms with van der Waals surface area (Å²) in [5.74, 6) is -0.847. The minimum atomic E-state index is -4.35. The van der Waals surface area contributed by atoms with Gasteiger partial charge in [-0.1, -0.05) is 11.6 Å². The Bertz CT molecular complexity index is 592. The lowest BCUT2D eigenvalue weighted by Crippen LogP contribution is -2.05. The molecule has 0 radical (unpaired) electrons. The summed E-state index contributed by atoms with van der Waals surface area (Å²) in [4.78, 5) is 8.76. The van der Waals surface area contributed by atoms with Gasteiger partial charge in [-0.3, -0.25) is 10.1 Å². The van der Waals surface area contributed by atoms with E-state index in [0.717, 1.165) is 0 Å². The predicted molar refractivity (Wildman–Crippen MR) is 57.8 cm³/mol. The first kappa shape index (κ1) is 14.9. The van der Waals surface area contributed by atoms with Crippen LogP contribution in [0.4, 0.5) is 14.5 Å². The van der Waals surface area contributed by atoms with Crippen LogP contribution < -0.4 is 4.74 Å². The molecule has 1 aromatic rings. The van der Waals surface area contributed by atoms with Crippen molar-refractivity contribution in [1.82, 2.24) is 0 Å². The summed E-state index contributed by atoms with van der Waals surface area (Å²) >= 11 is 5.43. The Balaban J connectivity index is 3.52. The van der Waals surface area contributed by atoms with E-state index in [9.17, 15) is 27.3 Å². The molecule has 0 aliphatic carbocycles. The van der Waals surface area contributed by atoms with Crippen LogP contribution in [-0.4, -0.2) is 20.0 Å². The van der Waals surface area contributed by atoms with Gasteiger partial charge in [0.2, 0.25) is 0 Å². The van der Waals surface area contributed by atoms with Crippen molar-refractivity contribution in [3.05, 3.63) is 27.3 Å². The number of alkyl halides is 2. The number of ether oxygens (including phenoxy) is 1. The molecule has 0 unspecified atom stereocenters. The summed E-state index contributed by atoms with van der Waals surface area (Å²) < 4.78 is 50.0. The highest BCUT2D eigenvalue weighted by atomic mass is 35.7. The van der Waals surface area contributed by atoms with Gasteiger partial charge in [0.05, 0.1) is 9.82 Å². The van der Waals surface area contributed by atoms with Crippen molar-refractivity contribution in [2.45, 2.75) is 11.5 Å². The van der Waals surface area contributed by atoms with Crippen LogP contribution in [0.2, 0.25) is 5.02 Å². The Kier molecular flexibility index (Phi) is 4.30. The van der Waals surface area contributed by atoms with Crippen LogP contribution in [0.15, 0.2) is 17.0 Å². The Morgan fingerprint density at radius 1 is 1.39 bits per heavy atom. The van der Waals surface area contributed by atoms with Crippen LogP contribution in [0.5, 0.6) is 5.75 Å². The first-order chi connectivity index (χ1) is 8.12. The molecule has 0 bridgehead atoms. The van der Waals surface area contributed by atoms with E-state index < -0.39 is 41.9 Å². The SMILES string of the molecule is O=[N+]([O-])c1cc(S(=O)(=O)Cl)cc(OC(F)F)c1Cl. The fraction of sp³-hybridized carbons (Fsp3) is 0.143. The lowest BCUT2D eigenvalue weighted by atomic mass is 10.3. The normalized spacial score (nSPS) is 11.6. The maximum absolute atomic E-state index is 12.0. The Morgan fingerprint density at radius 3 is 2.33 bits per heavy atom. The third kappa shape index (κ3) is 3.40. The maximum Gasteiger partial charge on any atom is 0.387 e. The number of hydrogen-bond donors (Lipinski definition) is 0. The van der Waals surface area contributed by atoms with Gasteiger partial charge in [-0.2, -0.15) is 8.78 Å². The van der Waals surface area contributed by atoms with Crippen molar-refractivity contribution in [1.29, 1.82) is 0 Å². The number of hydrogen-bond acceptors (Lipinski definition) is 5. The first-order valence-electron chi connectivity index (χ1n) is 4.00. The molecule has 11 heteroatoms. The molecule has 1 aromatic carbocycles. The molecule has 0 saturated heterocycles. The second kappa shape index (κ2) is 5.21. The third-order valence-corrected chi connectivity index (χ3v) is 3.40. The van der Waals surface area contributed by atoms with Crippen molar-refractivity contribution in [2.24, 2.45) is 0 Å². The second-order valence-electron chi connectivity index (χ2n) is 2.83. The van der Waals surface area contributed by atoms with E-state index in [2.05, 4.69) is 4.74 Å². The van der Waals surface area contributed by atoms with Gasteiger partial charge in [0.15, 0.2) is 10.8 Å². The number of halogens is 4. The summed E-state index contributed by atoms with van der Waals surface area (Å²) in [5.41, 5.74) is -0.908. The lowest BCUT2D eigenvalue weighted by molar-refractivity contribution is -0.385. The highest BCUT2D eigenvalue weighted by molar-refractivity contribution is 8.13. The van der Waals surface area contributed by atoms with E-state index in [1.165, 1.54) is 0 Å². The van der Waals surface area contributed by atoms with Gasteiger partial charge in [-0.05, 0) is 0 Å². The van der Waals surface area contributed by atoms with Gasteiger partial charge < -0.3 is 4.74 Å². The molecule has 6 nitrogen and oxygen atoms in total. The van der Waals surface area contributed by atoms with Crippen LogP contribution in [0.1, 0.15) is 0 Å². The summed E-state index contributed by atoms with van der Waals surface area (Å²) in [6, 6.07) is 1.12. The molecule has 0 heterocycles.